The van der Waals surface area contributed by atoms with Crippen LogP contribution in [-0.4, -0.2) is 62.1 Å². The van der Waals surface area contributed by atoms with Gasteiger partial charge in [-0.25, -0.2) is 4.39 Å². The monoisotopic (exact) mass is 398 g/mol. The molecule has 1 atom stereocenters. The Hall–Kier alpha value is -2.24. The average molecular weight is 399 g/mol. The third kappa shape index (κ3) is 6.94. The van der Waals surface area contributed by atoms with E-state index < -0.39 is 0 Å². The molecule has 4 nitrogen and oxygen atoms in total. The minimum atomic E-state index is -0.245. The van der Waals surface area contributed by atoms with Crippen molar-refractivity contribution in [3.8, 4) is 0 Å². The highest BCUT2D eigenvalue weighted by Crippen LogP contribution is 2.14. The van der Waals surface area contributed by atoms with E-state index in [0.717, 1.165) is 44.7 Å². The van der Waals surface area contributed by atoms with Gasteiger partial charge in [-0.2, -0.15) is 0 Å². The molecule has 1 aliphatic rings. The van der Waals surface area contributed by atoms with Crippen molar-refractivity contribution in [3.05, 3.63) is 71.5 Å². The van der Waals surface area contributed by atoms with Crippen LogP contribution in [0.5, 0.6) is 0 Å². The van der Waals surface area contributed by atoms with Crippen molar-refractivity contribution >= 4 is 5.91 Å². The van der Waals surface area contributed by atoms with Crippen LogP contribution in [0.15, 0.2) is 54.6 Å². The van der Waals surface area contributed by atoms with Gasteiger partial charge in [-0.15, -0.1) is 0 Å². The van der Waals surface area contributed by atoms with Crippen molar-refractivity contribution in [1.29, 1.82) is 0 Å². The lowest BCUT2D eigenvalue weighted by Crippen LogP contribution is -2.37. The lowest BCUT2D eigenvalue weighted by molar-refractivity contribution is -0.131. The van der Waals surface area contributed by atoms with Crippen LogP contribution in [0.3, 0.4) is 0 Å². The number of hydrogen-bond acceptors (Lipinski definition) is 3. The molecule has 0 unspecified atom stereocenters. The van der Waals surface area contributed by atoms with E-state index in [1.165, 1.54) is 17.7 Å². The van der Waals surface area contributed by atoms with Gasteiger partial charge in [0.25, 0.3) is 0 Å². The van der Waals surface area contributed by atoms with Gasteiger partial charge in [0.15, 0.2) is 0 Å². The van der Waals surface area contributed by atoms with Gasteiger partial charge in [-0.1, -0.05) is 42.5 Å². The Morgan fingerprint density at radius 2 is 1.72 bits per heavy atom. The van der Waals surface area contributed by atoms with Crippen molar-refractivity contribution < 1.29 is 13.9 Å². The summed E-state index contributed by atoms with van der Waals surface area (Å²) in [6.45, 7) is 4.96. The van der Waals surface area contributed by atoms with Crippen LogP contribution in [-0.2, 0) is 22.4 Å². The summed E-state index contributed by atoms with van der Waals surface area (Å²) in [5.74, 6) is 0.235. The predicted molar refractivity (Wildman–Crippen MR) is 113 cm³/mol. The number of hydrogen-bond donors (Lipinski definition) is 0. The largest absolute Gasteiger partial charge is 0.384 e. The van der Waals surface area contributed by atoms with Crippen LogP contribution in [0, 0.1) is 11.7 Å². The normalized spacial score (nSPS) is 17.9. The summed E-state index contributed by atoms with van der Waals surface area (Å²) in [7, 11) is 1.72. The second kappa shape index (κ2) is 11.1. The number of amides is 1. The van der Waals surface area contributed by atoms with Crippen molar-refractivity contribution in [3.63, 3.8) is 0 Å². The third-order valence-electron chi connectivity index (χ3n) is 5.54. The highest BCUT2D eigenvalue weighted by atomic mass is 19.1. The zero-order valence-corrected chi connectivity index (χ0v) is 17.2. The van der Waals surface area contributed by atoms with E-state index in [1.807, 2.05) is 11.0 Å². The van der Waals surface area contributed by atoms with Gasteiger partial charge >= 0.3 is 0 Å². The van der Waals surface area contributed by atoms with Crippen LogP contribution in [0.25, 0.3) is 0 Å². The first-order valence-electron chi connectivity index (χ1n) is 10.4. The van der Waals surface area contributed by atoms with Gasteiger partial charge < -0.3 is 14.5 Å². The second-order valence-electron chi connectivity index (χ2n) is 7.82. The van der Waals surface area contributed by atoms with Crippen molar-refractivity contribution in [2.45, 2.75) is 19.3 Å². The van der Waals surface area contributed by atoms with Crippen LogP contribution in [0.4, 0.5) is 4.39 Å². The maximum atomic E-state index is 13.1. The highest BCUT2D eigenvalue weighted by Gasteiger charge is 2.25. The molecule has 3 rings (SSSR count). The lowest BCUT2D eigenvalue weighted by atomic mass is 10.1. The molecule has 1 heterocycles. The summed E-state index contributed by atoms with van der Waals surface area (Å²) in [5.41, 5.74) is 2.33. The molecule has 0 N–H and O–H groups in total. The lowest BCUT2D eigenvalue weighted by Gasteiger charge is -2.24. The van der Waals surface area contributed by atoms with Gasteiger partial charge in [0.05, 0.1) is 6.61 Å². The minimum Gasteiger partial charge on any atom is -0.384 e. The summed E-state index contributed by atoms with van der Waals surface area (Å²) >= 11 is 0. The van der Waals surface area contributed by atoms with Gasteiger partial charge in [-0.05, 0) is 36.1 Å². The average Bonchev–Trinajstić information content (AvgIpc) is 2.95. The minimum absolute atomic E-state index is 0.167. The number of carbonyl (C=O) groups is 1. The molecule has 0 spiro atoms. The summed E-state index contributed by atoms with van der Waals surface area (Å²) in [5, 5.41) is 0. The fourth-order valence-electron chi connectivity index (χ4n) is 3.94. The number of rotatable bonds is 8. The summed E-state index contributed by atoms with van der Waals surface area (Å²) in [4.78, 5) is 17.2. The smallest absolute Gasteiger partial charge is 0.222 e. The first kappa shape index (κ1) is 21.5. The maximum absolute atomic E-state index is 13.1. The number of benzene rings is 2. The molecule has 0 aromatic heterocycles. The van der Waals surface area contributed by atoms with E-state index in [-0.39, 0.29) is 11.7 Å². The Bertz CT molecular complexity index is 751. The zero-order valence-electron chi connectivity index (χ0n) is 17.2. The number of methoxy groups -OCH3 is 1. The van der Waals surface area contributed by atoms with E-state index in [2.05, 4.69) is 29.2 Å². The number of aryl methyl sites for hydroxylation is 1. The SMILES string of the molecule is COC[C@H]1CN(CCc2ccccc2)CCN(C(=O)CCc2ccc(F)cc2)C1. The quantitative estimate of drug-likeness (QED) is 0.683. The maximum Gasteiger partial charge on any atom is 0.222 e. The molecule has 1 amide bonds. The standard InChI is InChI=1S/C24H31FN2O2/c1-29-19-22-17-26(14-13-20-5-3-2-4-6-20)15-16-27(18-22)24(28)12-9-21-7-10-23(25)11-8-21/h2-8,10-11,22H,9,12-19H2,1H3/t22-/m0/s1. The van der Waals surface area contributed by atoms with E-state index in [1.54, 1.807) is 19.2 Å². The number of halogens is 1. The first-order valence-corrected chi connectivity index (χ1v) is 10.4. The van der Waals surface area contributed by atoms with E-state index in [0.29, 0.717) is 25.4 Å². The molecule has 0 radical (unpaired) electrons. The molecule has 29 heavy (non-hydrogen) atoms. The van der Waals surface area contributed by atoms with Crippen LogP contribution in [0.1, 0.15) is 17.5 Å². The molecule has 2 aromatic rings. The van der Waals surface area contributed by atoms with E-state index >= 15 is 0 Å². The molecular formula is C24H31FN2O2. The molecule has 1 saturated heterocycles. The Morgan fingerprint density at radius 3 is 2.45 bits per heavy atom. The van der Waals surface area contributed by atoms with Crippen molar-refractivity contribution in [1.82, 2.24) is 9.80 Å². The molecule has 5 heteroatoms. The molecule has 1 fully saturated rings. The fraction of sp³-hybridized carbons (Fsp3) is 0.458. The van der Waals surface area contributed by atoms with E-state index in [4.69, 9.17) is 4.74 Å². The van der Waals surface area contributed by atoms with Crippen LogP contribution >= 0.6 is 0 Å². The van der Waals surface area contributed by atoms with Crippen molar-refractivity contribution in [2.24, 2.45) is 5.92 Å². The Labute approximate surface area is 173 Å². The Morgan fingerprint density at radius 1 is 1.00 bits per heavy atom. The Kier molecular flexibility index (Phi) is 8.20. The molecule has 2 aromatic carbocycles. The Balaban J connectivity index is 1.53. The van der Waals surface area contributed by atoms with Crippen molar-refractivity contribution in [2.75, 3.05) is 46.4 Å². The predicted octanol–water partition coefficient (Wildman–Crippen LogP) is 3.41. The number of ether oxygens (including phenoxy) is 1. The second-order valence-corrected chi connectivity index (χ2v) is 7.82. The zero-order chi connectivity index (χ0) is 20.5. The molecular weight excluding hydrogens is 367 g/mol. The van der Waals surface area contributed by atoms with E-state index in [9.17, 15) is 9.18 Å². The van der Waals surface area contributed by atoms with Gasteiger partial charge in [-0.3, -0.25) is 4.79 Å². The van der Waals surface area contributed by atoms with Gasteiger partial charge in [0, 0.05) is 52.2 Å². The molecule has 156 valence electrons. The number of nitrogens with zero attached hydrogens (tertiary/aromatic N) is 2. The van der Waals surface area contributed by atoms with Gasteiger partial charge in [0.1, 0.15) is 5.82 Å². The molecule has 0 aliphatic carbocycles. The highest BCUT2D eigenvalue weighted by molar-refractivity contribution is 5.76. The van der Waals surface area contributed by atoms with Crippen LogP contribution in [0.2, 0.25) is 0 Å². The third-order valence-corrected chi connectivity index (χ3v) is 5.54. The summed E-state index contributed by atoms with van der Waals surface area (Å²) < 4.78 is 18.5. The number of carbonyl (C=O) groups excluding carboxylic acids is 1. The molecule has 0 saturated carbocycles. The fourth-order valence-corrected chi connectivity index (χ4v) is 3.94. The summed E-state index contributed by atoms with van der Waals surface area (Å²) in [6, 6.07) is 16.9. The first-order chi connectivity index (χ1) is 14.1. The molecule has 1 aliphatic heterocycles. The summed E-state index contributed by atoms with van der Waals surface area (Å²) in [6.07, 6.45) is 2.11. The van der Waals surface area contributed by atoms with Crippen LogP contribution < -0.4 is 0 Å². The topological polar surface area (TPSA) is 32.8 Å². The molecule has 0 bridgehead atoms. The van der Waals surface area contributed by atoms with Gasteiger partial charge in [0.2, 0.25) is 5.91 Å².